The Bertz CT molecular complexity index is 318. The molecule has 0 aliphatic rings. The van der Waals surface area contributed by atoms with Crippen LogP contribution in [-0.2, 0) is 0 Å². The maximum atomic E-state index is 6.09. The third-order valence-corrected chi connectivity index (χ3v) is 2.61. The lowest BCUT2D eigenvalue weighted by Gasteiger charge is -2.27. The van der Waals surface area contributed by atoms with Crippen LogP contribution in [0.4, 0.5) is 11.4 Å². The van der Waals surface area contributed by atoms with Crippen molar-refractivity contribution in [1.29, 1.82) is 0 Å². The van der Waals surface area contributed by atoms with E-state index in [1.807, 2.05) is 0 Å². The predicted octanol–water partition coefficient (Wildman–Crippen LogP) is 3.06. The average Bonchev–Trinajstić information content (AvgIpc) is 2.19. The number of hydrogen-bond acceptors (Lipinski definition) is 2. The molecule has 0 saturated heterocycles. The SMILES string of the molecule is CCN(CC(C)C)c1cccc(C)c1N. The molecule has 2 N–H and O–H groups in total. The van der Waals surface area contributed by atoms with Gasteiger partial charge < -0.3 is 10.6 Å². The van der Waals surface area contributed by atoms with Gasteiger partial charge in [-0.3, -0.25) is 0 Å². The first-order chi connectivity index (χ1) is 7.06. The summed E-state index contributed by atoms with van der Waals surface area (Å²) >= 11 is 0. The number of para-hydroxylation sites is 1. The van der Waals surface area contributed by atoms with E-state index in [2.05, 4.69) is 50.8 Å². The van der Waals surface area contributed by atoms with E-state index in [1.165, 1.54) is 5.69 Å². The highest BCUT2D eigenvalue weighted by Gasteiger charge is 2.10. The van der Waals surface area contributed by atoms with Crippen molar-refractivity contribution in [2.75, 3.05) is 23.7 Å². The molecule has 1 aromatic carbocycles. The maximum absolute atomic E-state index is 6.09. The third-order valence-electron chi connectivity index (χ3n) is 2.61. The summed E-state index contributed by atoms with van der Waals surface area (Å²) in [4.78, 5) is 2.34. The quantitative estimate of drug-likeness (QED) is 0.767. The first-order valence-electron chi connectivity index (χ1n) is 5.66. The van der Waals surface area contributed by atoms with Crippen molar-refractivity contribution in [2.24, 2.45) is 5.92 Å². The van der Waals surface area contributed by atoms with Gasteiger partial charge in [0, 0.05) is 13.1 Å². The summed E-state index contributed by atoms with van der Waals surface area (Å²) in [6.07, 6.45) is 0. The smallest absolute Gasteiger partial charge is 0.0602 e. The van der Waals surface area contributed by atoms with E-state index in [0.717, 1.165) is 24.3 Å². The van der Waals surface area contributed by atoms with Gasteiger partial charge in [0.1, 0.15) is 0 Å². The van der Waals surface area contributed by atoms with Gasteiger partial charge in [0.05, 0.1) is 11.4 Å². The molecule has 0 heterocycles. The first kappa shape index (κ1) is 11.9. The van der Waals surface area contributed by atoms with E-state index < -0.39 is 0 Å². The number of nitrogen functional groups attached to an aromatic ring is 1. The van der Waals surface area contributed by atoms with Gasteiger partial charge in [-0.05, 0) is 31.4 Å². The first-order valence-corrected chi connectivity index (χ1v) is 5.66. The highest BCUT2D eigenvalue weighted by Crippen LogP contribution is 2.26. The molecule has 0 aliphatic heterocycles. The number of anilines is 2. The third kappa shape index (κ3) is 2.88. The average molecular weight is 206 g/mol. The van der Waals surface area contributed by atoms with Gasteiger partial charge in [0.25, 0.3) is 0 Å². The Labute approximate surface area is 93.1 Å². The fourth-order valence-electron chi connectivity index (χ4n) is 1.78. The molecule has 0 spiro atoms. The summed E-state index contributed by atoms with van der Waals surface area (Å²) in [7, 11) is 0. The maximum Gasteiger partial charge on any atom is 0.0602 e. The van der Waals surface area contributed by atoms with Crippen LogP contribution < -0.4 is 10.6 Å². The molecule has 0 saturated carbocycles. The van der Waals surface area contributed by atoms with Crippen LogP contribution in [0.15, 0.2) is 18.2 Å². The number of benzene rings is 1. The van der Waals surface area contributed by atoms with Crippen LogP contribution in [0.5, 0.6) is 0 Å². The minimum atomic E-state index is 0.657. The Balaban J connectivity index is 2.96. The molecular formula is C13H22N2. The molecule has 2 nitrogen and oxygen atoms in total. The molecule has 84 valence electrons. The van der Waals surface area contributed by atoms with Crippen LogP contribution in [0.3, 0.4) is 0 Å². The molecule has 0 radical (unpaired) electrons. The van der Waals surface area contributed by atoms with Crippen LogP contribution in [-0.4, -0.2) is 13.1 Å². The molecule has 0 atom stereocenters. The van der Waals surface area contributed by atoms with Gasteiger partial charge in [0.2, 0.25) is 0 Å². The lowest BCUT2D eigenvalue weighted by Crippen LogP contribution is -2.28. The second-order valence-electron chi connectivity index (χ2n) is 4.44. The minimum absolute atomic E-state index is 0.657. The van der Waals surface area contributed by atoms with Crippen molar-refractivity contribution < 1.29 is 0 Å². The number of nitrogens with zero attached hydrogens (tertiary/aromatic N) is 1. The van der Waals surface area contributed by atoms with Crippen molar-refractivity contribution in [2.45, 2.75) is 27.7 Å². The van der Waals surface area contributed by atoms with Crippen molar-refractivity contribution in [1.82, 2.24) is 0 Å². The Morgan fingerprint density at radius 2 is 2.00 bits per heavy atom. The van der Waals surface area contributed by atoms with Gasteiger partial charge in [-0.2, -0.15) is 0 Å². The Morgan fingerprint density at radius 1 is 1.33 bits per heavy atom. The summed E-state index contributed by atoms with van der Waals surface area (Å²) < 4.78 is 0. The second-order valence-corrected chi connectivity index (χ2v) is 4.44. The lowest BCUT2D eigenvalue weighted by atomic mass is 10.1. The number of aryl methyl sites for hydroxylation is 1. The normalized spacial score (nSPS) is 10.7. The summed E-state index contributed by atoms with van der Waals surface area (Å²) in [6.45, 7) is 10.8. The Hall–Kier alpha value is -1.18. The molecule has 1 aromatic rings. The molecule has 0 unspecified atom stereocenters. The van der Waals surface area contributed by atoms with E-state index in [0.29, 0.717) is 5.92 Å². The molecule has 0 aromatic heterocycles. The molecule has 1 rings (SSSR count). The minimum Gasteiger partial charge on any atom is -0.397 e. The molecular weight excluding hydrogens is 184 g/mol. The molecule has 2 heteroatoms. The molecule has 0 bridgehead atoms. The molecule has 0 fully saturated rings. The van der Waals surface area contributed by atoms with E-state index in [-0.39, 0.29) is 0 Å². The number of nitrogens with two attached hydrogens (primary N) is 1. The largest absolute Gasteiger partial charge is 0.397 e. The number of rotatable bonds is 4. The summed E-state index contributed by atoms with van der Waals surface area (Å²) in [6, 6.07) is 6.24. The zero-order valence-electron chi connectivity index (χ0n) is 10.2. The Kier molecular flexibility index (Phi) is 4.01. The van der Waals surface area contributed by atoms with Gasteiger partial charge in [0.15, 0.2) is 0 Å². The summed E-state index contributed by atoms with van der Waals surface area (Å²) in [5, 5.41) is 0. The Morgan fingerprint density at radius 3 is 2.53 bits per heavy atom. The van der Waals surface area contributed by atoms with Gasteiger partial charge >= 0.3 is 0 Å². The summed E-state index contributed by atoms with van der Waals surface area (Å²) in [5.74, 6) is 0.657. The monoisotopic (exact) mass is 206 g/mol. The highest BCUT2D eigenvalue weighted by atomic mass is 15.1. The molecule has 0 amide bonds. The van der Waals surface area contributed by atoms with E-state index in [1.54, 1.807) is 0 Å². The molecule has 0 aliphatic carbocycles. The number of hydrogen-bond donors (Lipinski definition) is 1. The standard InChI is InChI=1S/C13H22N2/c1-5-15(9-10(2)3)12-8-6-7-11(4)13(12)14/h6-8,10H,5,9,14H2,1-4H3. The van der Waals surface area contributed by atoms with Gasteiger partial charge in [-0.25, -0.2) is 0 Å². The van der Waals surface area contributed by atoms with Crippen LogP contribution in [0.2, 0.25) is 0 Å². The van der Waals surface area contributed by atoms with Crippen LogP contribution in [0.25, 0.3) is 0 Å². The van der Waals surface area contributed by atoms with Crippen molar-refractivity contribution in [3.63, 3.8) is 0 Å². The van der Waals surface area contributed by atoms with Crippen molar-refractivity contribution >= 4 is 11.4 Å². The van der Waals surface area contributed by atoms with Gasteiger partial charge in [-0.15, -0.1) is 0 Å². The zero-order chi connectivity index (χ0) is 11.4. The van der Waals surface area contributed by atoms with Crippen molar-refractivity contribution in [3.05, 3.63) is 23.8 Å². The lowest BCUT2D eigenvalue weighted by molar-refractivity contribution is 0.619. The zero-order valence-corrected chi connectivity index (χ0v) is 10.2. The van der Waals surface area contributed by atoms with E-state index in [9.17, 15) is 0 Å². The fourth-order valence-corrected chi connectivity index (χ4v) is 1.78. The second kappa shape index (κ2) is 5.06. The summed E-state index contributed by atoms with van der Waals surface area (Å²) in [5.41, 5.74) is 9.34. The predicted molar refractivity (Wildman–Crippen MR) is 68.3 cm³/mol. The van der Waals surface area contributed by atoms with Crippen LogP contribution >= 0.6 is 0 Å². The highest BCUT2D eigenvalue weighted by molar-refractivity contribution is 5.70. The van der Waals surface area contributed by atoms with Crippen LogP contribution in [0.1, 0.15) is 26.3 Å². The van der Waals surface area contributed by atoms with E-state index >= 15 is 0 Å². The topological polar surface area (TPSA) is 29.3 Å². The van der Waals surface area contributed by atoms with Crippen molar-refractivity contribution in [3.8, 4) is 0 Å². The fraction of sp³-hybridized carbons (Fsp3) is 0.538. The van der Waals surface area contributed by atoms with Crippen LogP contribution in [0, 0.1) is 12.8 Å². The molecule has 15 heavy (non-hydrogen) atoms. The van der Waals surface area contributed by atoms with E-state index in [4.69, 9.17) is 5.73 Å². The van der Waals surface area contributed by atoms with Gasteiger partial charge in [-0.1, -0.05) is 26.0 Å².